The summed E-state index contributed by atoms with van der Waals surface area (Å²) >= 11 is 5.92. The lowest BCUT2D eigenvalue weighted by atomic mass is 10.1. The number of alkyl halides is 2. The van der Waals surface area contributed by atoms with Crippen molar-refractivity contribution < 1.29 is 17.9 Å². The number of rotatable bonds is 4. The van der Waals surface area contributed by atoms with E-state index in [9.17, 15) is 18.0 Å². The van der Waals surface area contributed by atoms with Crippen LogP contribution in [0.15, 0.2) is 47.4 Å². The van der Waals surface area contributed by atoms with Crippen molar-refractivity contribution in [2.45, 2.75) is 19.5 Å². The number of anilines is 1. The fraction of sp³-hybridized carbons (Fsp3) is 0.280. The molecule has 1 fully saturated rings. The minimum atomic E-state index is -3.00. The molecule has 1 saturated heterocycles. The second-order valence-corrected chi connectivity index (χ2v) is 8.96. The summed E-state index contributed by atoms with van der Waals surface area (Å²) < 4.78 is 49.0. The molecule has 0 spiro atoms. The number of ether oxygens (including phenoxy) is 1. The van der Waals surface area contributed by atoms with Gasteiger partial charge in [0.1, 0.15) is 28.9 Å². The average Bonchev–Trinajstić information content (AvgIpc) is 2.85. The first-order valence-corrected chi connectivity index (χ1v) is 11.5. The van der Waals surface area contributed by atoms with Crippen molar-refractivity contribution in [3.63, 3.8) is 0 Å². The van der Waals surface area contributed by atoms with E-state index in [0.717, 1.165) is 21.9 Å². The minimum absolute atomic E-state index is 0.00165. The van der Waals surface area contributed by atoms with E-state index in [2.05, 4.69) is 15.0 Å². The van der Waals surface area contributed by atoms with Crippen molar-refractivity contribution in [3.8, 4) is 11.3 Å². The van der Waals surface area contributed by atoms with Crippen LogP contribution in [0.4, 0.5) is 19.0 Å². The number of hydrogen-bond acceptors (Lipinski definition) is 6. The fourth-order valence-corrected chi connectivity index (χ4v) is 4.49. The molecule has 0 bridgehead atoms. The molecule has 3 aromatic heterocycles. The lowest BCUT2D eigenvalue weighted by Crippen LogP contribution is -2.39. The Hall–Kier alpha value is -3.50. The first-order chi connectivity index (χ1) is 17.2. The molecule has 1 aliphatic rings. The Balaban J connectivity index is 1.69. The predicted octanol–water partition coefficient (Wildman–Crippen LogP) is 5.01. The quantitative estimate of drug-likeness (QED) is 0.380. The van der Waals surface area contributed by atoms with E-state index < -0.39 is 23.6 Å². The van der Waals surface area contributed by atoms with Crippen LogP contribution in [-0.4, -0.2) is 39.2 Å². The van der Waals surface area contributed by atoms with Gasteiger partial charge in [0.15, 0.2) is 5.82 Å². The zero-order valence-corrected chi connectivity index (χ0v) is 20.1. The normalized spacial score (nSPS) is 16.2. The van der Waals surface area contributed by atoms with E-state index in [1.807, 2.05) is 24.0 Å². The molecule has 4 heterocycles. The lowest BCUT2D eigenvalue weighted by Gasteiger charge is -2.34. The first-order valence-electron chi connectivity index (χ1n) is 11.2. The molecule has 7 nitrogen and oxygen atoms in total. The number of nitrogens with zero attached hydrogens (tertiary/aromatic N) is 5. The summed E-state index contributed by atoms with van der Waals surface area (Å²) in [6.45, 7) is 3.15. The van der Waals surface area contributed by atoms with E-state index in [-0.39, 0.29) is 33.3 Å². The summed E-state index contributed by atoms with van der Waals surface area (Å²) in [7, 11) is 1.23. The molecule has 0 radical (unpaired) electrons. The molecule has 0 N–H and O–H groups in total. The Bertz CT molecular complexity index is 1530. The van der Waals surface area contributed by atoms with Gasteiger partial charge >= 0.3 is 0 Å². The third kappa shape index (κ3) is 4.42. The molecule has 5 rings (SSSR count). The van der Waals surface area contributed by atoms with Gasteiger partial charge in [0.05, 0.1) is 12.0 Å². The summed E-state index contributed by atoms with van der Waals surface area (Å²) in [5, 5.41) is 0.219. The molecule has 1 atom stereocenters. The van der Waals surface area contributed by atoms with Crippen LogP contribution >= 0.6 is 11.6 Å². The van der Waals surface area contributed by atoms with Crippen LogP contribution in [-0.2, 0) is 11.8 Å². The number of aromatic nitrogens is 4. The predicted molar refractivity (Wildman–Crippen MR) is 130 cm³/mol. The number of hydrogen-bond donors (Lipinski definition) is 0. The zero-order chi connectivity index (χ0) is 25.6. The molecule has 0 saturated carbocycles. The molecule has 0 aliphatic carbocycles. The number of benzene rings is 1. The highest BCUT2D eigenvalue weighted by Gasteiger charge is 2.27. The first kappa shape index (κ1) is 24.2. The molecule has 1 aliphatic heterocycles. The van der Waals surface area contributed by atoms with Crippen LogP contribution < -0.4 is 10.5 Å². The van der Waals surface area contributed by atoms with Gasteiger partial charge in [-0.05, 0) is 48.9 Å². The molecule has 1 unspecified atom stereocenters. The molecular weight excluding hydrogens is 495 g/mol. The highest BCUT2D eigenvalue weighted by Crippen LogP contribution is 2.33. The molecule has 11 heteroatoms. The number of fused-ring (bicyclic) bond motifs is 1. The number of aryl methyl sites for hydroxylation is 1. The third-order valence-electron chi connectivity index (χ3n) is 6.15. The average molecular weight is 516 g/mol. The molecule has 186 valence electrons. The topological polar surface area (TPSA) is 73.1 Å². The molecule has 36 heavy (non-hydrogen) atoms. The van der Waals surface area contributed by atoms with E-state index >= 15 is 0 Å². The van der Waals surface area contributed by atoms with Crippen molar-refractivity contribution in [2.24, 2.45) is 7.05 Å². The summed E-state index contributed by atoms with van der Waals surface area (Å²) in [6.07, 6.45) is -1.58. The van der Waals surface area contributed by atoms with Gasteiger partial charge in [-0.15, -0.1) is 0 Å². The summed E-state index contributed by atoms with van der Waals surface area (Å²) in [5.74, 6) is -1.05. The second kappa shape index (κ2) is 9.51. The monoisotopic (exact) mass is 515 g/mol. The van der Waals surface area contributed by atoms with Gasteiger partial charge in [0.2, 0.25) is 0 Å². The van der Waals surface area contributed by atoms with Crippen molar-refractivity contribution in [2.75, 3.05) is 24.6 Å². The maximum atomic E-state index is 15.0. The van der Waals surface area contributed by atoms with Crippen molar-refractivity contribution in [1.82, 2.24) is 19.5 Å². The van der Waals surface area contributed by atoms with Gasteiger partial charge in [0.25, 0.3) is 12.0 Å². The van der Waals surface area contributed by atoms with Gasteiger partial charge < -0.3 is 9.64 Å². The maximum Gasteiger partial charge on any atom is 0.295 e. The van der Waals surface area contributed by atoms with Crippen molar-refractivity contribution >= 4 is 28.3 Å². The number of pyridine rings is 2. The highest BCUT2D eigenvalue weighted by atomic mass is 35.5. The van der Waals surface area contributed by atoms with Gasteiger partial charge in [-0.3, -0.25) is 14.3 Å². The van der Waals surface area contributed by atoms with Crippen LogP contribution in [0.5, 0.6) is 0 Å². The van der Waals surface area contributed by atoms with E-state index in [4.69, 9.17) is 16.3 Å². The standard InChI is InChI=1S/C25H21ClF3N5O2/c1-13-9-14(5-6-30-13)19-12-34(7-8-36-19)20-11-17-22(32-24(23(28)29)33(2)25(17)35)21(31-20)16-4-3-15(26)10-18(16)27/h3-6,9-11,19,23H,7-8,12H2,1-2H3. The lowest BCUT2D eigenvalue weighted by molar-refractivity contribution is 0.0394. The maximum absolute atomic E-state index is 15.0. The minimum Gasteiger partial charge on any atom is -0.370 e. The van der Waals surface area contributed by atoms with Crippen molar-refractivity contribution in [1.29, 1.82) is 0 Å². The molecule has 0 amide bonds. The number of morpholine rings is 1. The Morgan fingerprint density at radius 2 is 1.97 bits per heavy atom. The van der Waals surface area contributed by atoms with Crippen LogP contribution in [0.3, 0.4) is 0 Å². The van der Waals surface area contributed by atoms with Gasteiger partial charge in [0, 0.05) is 42.6 Å². The van der Waals surface area contributed by atoms with Gasteiger partial charge in [-0.25, -0.2) is 23.1 Å². The van der Waals surface area contributed by atoms with Crippen molar-refractivity contribution in [3.05, 3.63) is 80.9 Å². The SMILES string of the molecule is Cc1cc(C2CN(c3cc4c(=O)n(C)c(C(F)F)nc4c(-c4ccc(Cl)cc4F)n3)CCO2)ccn1. The smallest absolute Gasteiger partial charge is 0.295 e. The van der Waals surface area contributed by atoms with Crippen LogP contribution in [0.25, 0.3) is 22.2 Å². The summed E-state index contributed by atoms with van der Waals surface area (Å²) in [5.41, 5.74) is 0.996. The van der Waals surface area contributed by atoms with Gasteiger partial charge in [-0.2, -0.15) is 0 Å². The fourth-order valence-electron chi connectivity index (χ4n) is 4.33. The highest BCUT2D eigenvalue weighted by molar-refractivity contribution is 6.30. The van der Waals surface area contributed by atoms with Crippen LogP contribution in [0.1, 0.15) is 29.6 Å². The molecular formula is C25H21ClF3N5O2. The summed E-state index contributed by atoms with van der Waals surface area (Å²) in [6, 6.07) is 9.27. The summed E-state index contributed by atoms with van der Waals surface area (Å²) in [4.78, 5) is 27.9. The Morgan fingerprint density at radius 3 is 2.69 bits per heavy atom. The van der Waals surface area contributed by atoms with E-state index in [0.29, 0.717) is 25.5 Å². The van der Waals surface area contributed by atoms with E-state index in [1.165, 1.54) is 25.2 Å². The Labute approximate surface area is 209 Å². The van der Waals surface area contributed by atoms with Crippen LogP contribution in [0.2, 0.25) is 5.02 Å². The molecule has 1 aromatic carbocycles. The molecule has 4 aromatic rings. The largest absolute Gasteiger partial charge is 0.370 e. The number of halogens is 4. The third-order valence-corrected chi connectivity index (χ3v) is 6.38. The van der Waals surface area contributed by atoms with Crippen LogP contribution in [0, 0.1) is 12.7 Å². The van der Waals surface area contributed by atoms with E-state index in [1.54, 1.807) is 6.20 Å². The zero-order valence-electron chi connectivity index (χ0n) is 19.4. The Morgan fingerprint density at radius 1 is 1.17 bits per heavy atom. The Kier molecular flexibility index (Phi) is 6.40. The van der Waals surface area contributed by atoms with Gasteiger partial charge in [-0.1, -0.05) is 11.6 Å². The second-order valence-electron chi connectivity index (χ2n) is 8.52.